The van der Waals surface area contributed by atoms with Gasteiger partial charge in [0.05, 0.1) is 0 Å². The smallest absolute Gasteiger partial charge is 0.325 e. The lowest BCUT2D eigenvalue weighted by Crippen LogP contribution is -2.49. The molecule has 0 unspecified atom stereocenters. The number of hydrogen-bond acceptors (Lipinski definition) is 3. The van der Waals surface area contributed by atoms with Crippen molar-refractivity contribution < 1.29 is 14.4 Å². The normalized spacial score (nSPS) is 32.2. The molecule has 6 nitrogen and oxygen atoms in total. The van der Waals surface area contributed by atoms with Gasteiger partial charge in [0.1, 0.15) is 12.1 Å². The van der Waals surface area contributed by atoms with Crippen LogP contribution in [0.3, 0.4) is 0 Å². The average molecular weight is 333 g/mol. The van der Waals surface area contributed by atoms with E-state index in [2.05, 4.69) is 5.32 Å². The van der Waals surface area contributed by atoms with Crippen LogP contribution in [0.5, 0.6) is 0 Å². The molecule has 0 aromatic heterocycles. The number of piperidine rings is 1. The molecule has 2 heterocycles. The van der Waals surface area contributed by atoms with E-state index in [1.165, 1.54) is 25.7 Å². The van der Waals surface area contributed by atoms with Gasteiger partial charge in [0.15, 0.2) is 0 Å². The average Bonchev–Trinajstić information content (AvgIpc) is 3.15. The van der Waals surface area contributed by atoms with E-state index in [0.29, 0.717) is 18.8 Å². The maximum absolute atomic E-state index is 12.7. The Balaban J connectivity index is 1.39. The summed E-state index contributed by atoms with van der Waals surface area (Å²) in [5.74, 6) is 1.12. The summed E-state index contributed by atoms with van der Waals surface area (Å²) in [5, 5.41) is 2.85. The topological polar surface area (TPSA) is 69.7 Å². The molecule has 4 aliphatic rings. The molecule has 2 atom stereocenters. The van der Waals surface area contributed by atoms with E-state index < -0.39 is 5.54 Å². The minimum Gasteiger partial charge on any atom is -0.341 e. The van der Waals surface area contributed by atoms with E-state index in [1.54, 1.807) is 0 Å². The summed E-state index contributed by atoms with van der Waals surface area (Å²) in [6.45, 7) is 1.48. The molecule has 1 spiro atoms. The van der Waals surface area contributed by atoms with Crippen LogP contribution < -0.4 is 5.32 Å². The van der Waals surface area contributed by atoms with E-state index in [0.717, 1.165) is 43.2 Å². The lowest BCUT2D eigenvalue weighted by molar-refractivity contribution is -0.140. The van der Waals surface area contributed by atoms with Crippen LogP contribution >= 0.6 is 0 Å². The van der Waals surface area contributed by atoms with Crippen LogP contribution in [-0.2, 0) is 9.59 Å². The van der Waals surface area contributed by atoms with Gasteiger partial charge in [-0.3, -0.25) is 14.5 Å². The molecule has 6 heteroatoms. The molecule has 2 saturated heterocycles. The number of amides is 4. The summed E-state index contributed by atoms with van der Waals surface area (Å²) in [6.07, 6.45) is 9.49. The van der Waals surface area contributed by atoms with Crippen molar-refractivity contribution in [3.05, 3.63) is 0 Å². The van der Waals surface area contributed by atoms with Crippen molar-refractivity contribution in [3.8, 4) is 0 Å². The van der Waals surface area contributed by atoms with Gasteiger partial charge in [-0.1, -0.05) is 32.1 Å². The van der Waals surface area contributed by atoms with E-state index in [4.69, 9.17) is 0 Å². The van der Waals surface area contributed by atoms with E-state index in [1.807, 2.05) is 4.90 Å². The zero-order valence-corrected chi connectivity index (χ0v) is 14.3. The third-order valence-electron chi connectivity index (χ3n) is 6.64. The van der Waals surface area contributed by atoms with Crippen molar-refractivity contribution >= 4 is 17.8 Å². The summed E-state index contributed by atoms with van der Waals surface area (Å²) in [5.41, 5.74) is -0.715. The van der Waals surface area contributed by atoms with Crippen molar-refractivity contribution in [2.75, 3.05) is 19.6 Å². The second-order valence-corrected chi connectivity index (χ2v) is 8.04. The van der Waals surface area contributed by atoms with Crippen LogP contribution in [0.1, 0.15) is 57.8 Å². The third kappa shape index (κ3) is 2.60. The van der Waals surface area contributed by atoms with Crippen LogP contribution in [0.4, 0.5) is 4.79 Å². The Labute approximate surface area is 142 Å². The molecule has 4 fully saturated rings. The molecule has 4 rings (SSSR count). The van der Waals surface area contributed by atoms with Crippen molar-refractivity contribution in [1.29, 1.82) is 0 Å². The van der Waals surface area contributed by atoms with Crippen LogP contribution in [0.15, 0.2) is 0 Å². The molecule has 0 radical (unpaired) electrons. The number of imide groups is 1. The van der Waals surface area contributed by atoms with Crippen LogP contribution in [-0.4, -0.2) is 52.8 Å². The molecule has 0 aromatic rings. The second-order valence-electron chi connectivity index (χ2n) is 8.04. The highest BCUT2D eigenvalue weighted by atomic mass is 16.2. The number of rotatable bonds is 2. The van der Waals surface area contributed by atoms with E-state index in [9.17, 15) is 14.4 Å². The number of carbonyl (C=O) groups excluding carboxylic acids is 3. The summed E-state index contributed by atoms with van der Waals surface area (Å²) in [4.78, 5) is 40.6. The Morgan fingerprint density at radius 2 is 1.75 bits per heavy atom. The fourth-order valence-electron chi connectivity index (χ4n) is 5.20. The summed E-state index contributed by atoms with van der Waals surface area (Å²) >= 11 is 0. The summed E-state index contributed by atoms with van der Waals surface area (Å²) in [6, 6.07) is -0.386. The molecule has 1 N–H and O–H groups in total. The monoisotopic (exact) mass is 333 g/mol. The first-order chi connectivity index (χ1) is 11.6. The Hall–Kier alpha value is -1.59. The highest BCUT2D eigenvalue weighted by molar-refractivity contribution is 6.09. The molecule has 2 aliphatic heterocycles. The van der Waals surface area contributed by atoms with Gasteiger partial charge >= 0.3 is 6.03 Å². The Morgan fingerprint density at radius 3 is 2.50 bits per heavy atom. The number of fused-ring (bicyclic) bond motifs is 1. The number of likely N-dealkylation sites (tertiary alicyclic amines) is 1. The van der Waals surface area contributed by atoms with E-state index >= 15 is 0 Å². The molecule has 132 valence electrons. The van der Waals surface area contributed by atoms with Gasteiger partial charge in [-0.2, -0.15) is 0 Å². The highest BCUT2D eigenvalue weighted by Gasteiger charge is 2.53. The first-order valence-corrected chi connectivity index (χ1v) is 9.51. The van der Waals surface area contributed by atoms with Crippen molar-refractivity contribution in [2.45, 2.75) is 63.3 Å². The number of hydrogen-bond donors (Lipinski definition) is 1. The lowest BCUT2D eigenvalue weighted by Gasteiger charge is -2.41. The zero-order chi connectivity index (χ0) is 16.7. The van der Waals surface area contributed by atoms with Crippen LogP contribution in [0.25, 0.3) is 0 Å². The van der Waals surface area contributed by atoms with E-state index in [-0.39, 0.29) is 24.4 Å². The van der Waals surface area contributed by atoms with Crippen LogP contribution in [0.2, 0.25) is 0 Å². The molecule has 24 heavy (non-hydrogen) atoms. The van der Waals surface area contributed by atoms with Gasteiger partial charge in [0.25, 0.3) is 5.91 Å². The number of urea groups is 1. The predicted octanol–water partition coefficient (Wildman–Crippen LogP) is 1.89. The standard InChI is InChI=1S/C18H27N3O3/c22-15(20-10-7-13-5-1-2-6-14(13)11-20)12-21-16(23)18(19-17(21)24)8-3-4-9-18/h13-14H,1-12H2,(H,19,24)/t13-,14+/m1/s1. The van der Waals surface area contributed by atoms with Crippen molar-refractivity contribution in [2.24, 2.45) is 11.8 Å². The third-order valence-corrected chi connectivity index (χ3v) is 6.64. The number of nitrogens with zero attached hydrogens (tertiary/aromatic N) is 2. The van der Waals surface area contributed by atoms with Gasteiger partial charge in [-0.05, 0) is 37.5 Å². The largest absolute Gasteiger partial charge is 0.341 e. The molecular weight excluding hydrogens is 306 g/mol. The summed E-state index contributed by atoms with van der Waals surface area (Å²) in [7, 11) is 0. The molecule has 2 aliphatic carbocycles. The van der Waals surface area contributed by atoms with Gasteiger partial charge in [-0.25, -0.2) is 4.79 Å². The van der Waals surface area contributed by atoms with Crippen LogP contribution in [0, 0.1) is 11.8 Å². The first kappa shape index (κ1) is 15.9. The van der Waals surface area contributed by atoms with Gasteiger partial charge in [0, 0.05) is 13.1 Å². The van der Waals surface area contributed by atoms with Gasteiger partial charge in [-0.15, -0.1) is 0 Å². The fourth-order valence-corrected chi connectivity index (χ4v) is 5.20. The second kappa shape index (κ2) is 6.05. The quantitative estimate of drug-likeness (QED) is 0.785. The van der Waals surface area contributed by atoms with Crippen molar-refractivity contribution in [1.82, 2.24) is 15.1 Å². The Morgan fingerprint density at radius 1 is 1.04 bits per heavy atom. The summed E-state index contributed by atoms with van der Waals surface area (Å²) < 4.78 is 0. The highest BCUT2D eigenvalue weighted by Crippen LogP contribution is 2.37. The Bertz CT molecular complexity index is 556. The minimum absolute atomic E-state index is 0.0717. The molecule has 0 bridgehead atoms. The molecular formula is C18H27N3O3. The van der Waals surface area contributed by atoms with Gasteiger partial charge < -0.3 is 10.2 Å². The molecule has 0 aromatic carbocycles. The number of carbonyl (C=O) groups is 3. The molecule has 2 saturated carbocycles. The fraction of sp³-hybridized carbons (Fsp3) is 0.833. The number of nitrogens with one attached hydrogen (secondary N) is 1. The molecule has 4 amide bonds. The predicted molar refractivity (Wildman–Crippen MR) is 88.1 cm³/mol. The Kier molecular flexibility index (Phi) is 4.01. The zero-order valence-electron chi connectivity index (χ0n) is 14.3. The van der Waals surface area contributed by atoms with Crippen molar-refractivity contribution in [3.63, 3.8) is 0 Å². The van der Waals surface area contributed by atoms with Gasteiger partial charge in [0.2, 0.25) is 5.91 Å². The lowest BCUT2D eigenvalue weighted by atomic mass is 9.75. The SMILES string of the molecule is O=C(CN1C(=O)NC2(CCCC2)C1=O)N1CC[C@H]2CCCC[C@H]2C1. The minimum atomic E-state index is -0.715. The maximum Gasteiger partial charge on any atom is 0.325 e. The maximum atomic E-state index is 12.7. The first-order valence-electron chi connectivity index (χ1n) is 9.51.